The first-order chi connectivity index (χ1) is 18.9. The number of carbonyl (C=O) groups is 1. The van der Waals surface area contributed by atoms with Crippen molar-refractivity contribution in [2.24, 2.45) is 0 Å². The number of aliphatic hydroxyl groups is 1. The normalized spacial score (nSPS) is 23.4. The fourth-order valence-electron chi connectivity index (χ4n) is 6.09. The molecule has 39 heavy (non-hydrogen) atoms. The van der Waals surface area contributed by atoms with Crippen LogP contribution >= 0.6 is 0 Å². The van der Waals surface area contributed by atoms with Crippen molar-refractivity contribution in [2.75, 3.05) is 38.6 Å². The van der Waals surface area contributed by atoms with Gasteiger partial charge in [0.05, 0.1) is 30.8 Å². The summed E-state index contributed by atoms with van der Waals surface area (Å²) in [7, 11) is 1.67. The summed E-state index contributed by atoms with van der Waals surface area (Å²) in [5.74, 6) is 0.771. The SMILES string of the molecule is COc1ccc(C)c(NCC[C@@H]2CNCCN2C(=O)c2ncn([C@@H]3CCCC[C@]3(C)O)c2-c2ccccc2)c1. The predicted octanol–water partition coefficient (Wildman–Crippen LogP) is 4.65. The quantitative estimate of drug-likeness (QED) is 0.392. The average Bonchev–Trinajstić information content (AvgIpc) is 3.39. The summed E-state index contributed by atoms with van der Waals surface area (Å²) in [5.41, 5.74) is 3.57. The number of anilines is 1. The van der Waals surface area contributed by atoms with Crippen molar-refractivity contribution in [1.82, 2.24) is 19.8 Å². The molecule has 2 aromatic carbocycles. The minimum absolute atomic E-state index is 0.0382. The van der Waals surface area contributed by atoms with Crippen molar-refractivity contribution in [3.63, 3.8) is 0 Å². The Bertz CT molecular complexity index is 1270. The van der Waals surface area contributed by atoms with Gasteiger partial charge in [-0.15, -0.1) is 0 Å². The van der Waals surface area contributed by atoms with Crippen LogP contribution in [0.4, 0.5) is 5.69 Å². The zero-order valence-electron chi connectivity index (χ0n) is 23.3. The Kier molecular flexibility index (Phi) is 8.23. The molecule has 208 valence electrons. The van der Waals surface area contributed by atoms with Gasteiger partial charge in [0.2, 0.25) is 0 Å². The summed E-state index contributed by atoms with van der Waals surface area (Å²) in [4.78, 5) is 20.8. The monoisotopic (exact) mass is 531 g/mol. The fraction of sp³-hybridized carbons (Fsp3) is 0.484. The van der Waals surface area contributed by atoms with Gasteiger partial charge in [-0.3, -0.25) is 4.79 Å². The lowest BCUT2D eigenvalue weighted by molar-refractivity contribution is -0.0243. The molecular formula is C31H41N5O3. The molecule has 1 aromatic heterocycles. The molecule has 8 nitrogen and oxygen atoms in total. The van der Waals surface area contributed by atoms with Gasteiger partial charge in [-0.25, -0.2) is 4.98 Å². The maximum atomic E-state index is 14.2. The van der Waals surface area contributed by atoms with Gasteiger partial charge in [0.1, 0.15) is 5.75 Å². The second kappa shape index (κ2) is 11.8. The highest BCUT2D eigenvalue weighted by Crippen LogP contribution is 2.40. The highest BCUT2D eigenvalue weighted by atomic mass is 16.5. The van der Waals surface area contributed by atoms with Crippen LogP contribution in [0, 0.1) is 6.92 Å². The molecule has 1 saturated heterocycles. The number of hydrogen-bond donors (Lipinski definition) is 3. The van der Waals surface area contributed by atoms with Gasteiger partial charge in [0, 0.05) is 49.5 Å². The Hall–Kier alpha value is -3.36. The molecule has 2 fully saturated rings. The minimum Gasteiger partial charge on any atom is -0.497 e. The van der Waals surface area contributed by atoms with Crippen LogP contribution in [0.1, 0.15) is 61.1 Å². The van der Waals surface area contributed by atoms with Crippen LogP contribution in [0.2, 0.25) is 0 Å². The molecule has 5 rings (SSSR count). The molecule has 0 radical (unpaired) electrons. The first-order valence-corrected chi connectivity index (χ1v) is 14.1. The van der Waals surface area contributed by atoms with Crippen molar-refractivity contribution in [3.05, 3.63) is 66.1 Å². The van der Waals surface area contributed by atoms with E-state index < -0.39 is 5.60 Å². The van der Waals surface area contributed by atoms with Crippen molar-refractivity contribution in [3.8, 4) is 17.0 Å². The molecular weight excluding hydrogens is 490 g/mol. The molecule has 8 heteroatoms. The van der Waals surface area contributed by atoms with E-state index in [2.05, 4.69) is 22.1 Å². The smallest absolute Gasteiger partial charge is 0.275 e. The van der Waals surface area contributed by atoms with E-state index in [9.17, 15) is 9.90 Å². The van der Waals surface area contributed by atoms with Crippen molar-refractivity contribution in [2.45, 2.75) is 63.6 Å². The number of amides is 1. The van der Waals surface area contributed by atoms with E-state index in [1.54, 1.807) is 13.4 Å². The molecule has 3 N–H and O–H groups in total. The number of ether oxygens (including phenoxy) is 1. The van der Waals surface area contributed by atoms with Crippen LogP contribution in [0.5, 0.6) is 5.75 Å². The first-order valence-electron chi connectivity index (χ1n) is 14.1. The third-order valence-corrected chi connectivity index (χ3v) is 8.36. The molecule has 0 bridgehead atoms. The van der Waals surface area contributed by atoms with Gasteiger partial charge in [-0.1, -0.05) is 49.2 Å². The van der Waals surface area contributed by atoms with Crippen molar-refractivity contribution in [1.29, 1.82) is 0 Å². The van der Waals surface area contributed by atoms with Crippen LogP contribution in [0.15, 0.2) is 54.9 Å². The predicted molar refractivity (Wildman–Crippen MR) is 154 cm³/mol. The number of rotatable bonds is 8. The number of aromatic nitrogens is 2. The van der Waals surface area contributed by atoms with Crippen LogP contribution in [0.25, 0.3) is 11.3 Å². The second-order valence-electron chi connectivity index (χ2n) is 11.1. The lowest BCUT2D eigenvalue weighted by Gasteiger charge is -2.39. The maximum absolute atomic E-state index is 14.2. The Balaban J connectivity index is 1.39. The average molecular weight is 532 g/mol. The van der Waals surface area contributed by atoms with E-state index in [1.165, 1.54) is 0 Å². The van der Waals surface area contributed by atoms with Gasteiger partial charge in [-0.2, -0.15) is 0 Å². The molecule has 1 amide bonds. The van der Waals surface area contributed by atoms with Gasteiger partial charge in [0.25, 0.3) is 5.91 Å². The van der Waals surface area contributed by atoms with Crippen molar-refractivity contribution >= 4 is 11.6 Å². The first kappa shape index (κ1) is 27.2. The Labute approximate surface area is 231 Å². The number of piperazine rings is 1. The number of carbonyl (C=O) groups excluding carboxylic acids is 1. The molecule has 3 atom stereocenters. The molecule has 1 saturated carbocycles. The van der Waals surface area contributed by atoms with Gasteiger partial charge in [0.15, 0.2) is 5.69 Å². The van der Waals surface area contributed by atoms with Crippen LogP contribution in [-0.4, -0.2) is 70.4 Å². The van der Waals surface area contributed by atoms with E-state index in [-0.39, 0.29) is 18.0 Å². The summed E-state index contributed by atoms with van der Waals surface area (Å²) >= 11 is 0. The van der Waals surface area contributed by atoms with Crippen LogP contribution in [-0.2, 0) is 0 Å². The number of methoxy groups -OCH3 is 1. The molecule has 3 aromatic rings. The topological polar surface area (TPSA) is 91.7 Å². The summed E-state index contributed by atoms with van der Waals surface area (Å²) in [5, 5.41) is 18.3. The molecule has 1 aliphatic heterocycles. The highest BCUT2D eigenvalue weighted by Gasteiger charge is 2.39. The third-order valence-electron chi connectivity index (χ3n) is 8.36. The number of imidazole rings is 1. The number of aryl methyl sites for hydroxylation is 1. The van der Waals surface area contributed by atoms with E-state index in [0.29, 0.717) is 12.2 Å². The van der Waals surface area contributed by atoms with Gasteiger partial charge < -0.3 is 29.9 Å². The molecule has 2 heterocycles. The fourth-order valence-corrected chi connectivity index (χ4v) is 6.09. The number of benzene rings is 2. The summed E-state index contributed by atoms with van der Waals surface area (Å²) < 4.78 is 7.44. The van der Waals surface area contributed by atoms with E-state index in [0.717, 1.165) is 80.0 Å². The van der Waals surface area contributed by atoms with E-state index in [4.69, 9.17) is 9.72 Å². The van der Waals surface area contributed by atoms with Gasteiger partial charge in [-0.05, 0) is 44.7 Å². The summed E-state index contributed by atoms with van der Waals surface area (Å²) in [6.45, 7) is 6.84. The number of nitrogens with one attached hydrogen (secondary N) is 2. The second-order valence-corrected chi connectivity index (χ2v) is 11.1. The standard InChI is InChI=1S/C31H41N5O3/c1-22-12-13-25(39-3)19-26(22)33-16-14-24-20-32-17-18-35(24)30(37)28-29(23-9-5-4-6-10-23)36(21-34-28)27-11-7-8-15-31(27,2)38/h4-6,9-10,12-13,19,21,24,27,32-33,38H,7-8,11,14-18,20H2,1-3H3/t24-,27-,31+/m1/s1. The third kappa shape index (κ3) is 5.82. The minimum atomic E-state index is -0.843. The largest absolute Gasteiger partial charge is 0.497 e. The summed E-state index contributed by atoms with van der Waals surface area (Å²) in [6, 6.07) is 15.9. The summed E-state index contributed by atoms with van der Waals surface area (Å²) in [6.07, 6.45) is 6.24. The lowest BCUT2D eigenvalue weighted by atomic mass is 9.81. The number of nitrogens with zero attached hydrogens (tertiary/aromatic N) is 3. The molecule has 0 unspecified atom stereocenters. The maximum Gasteiger partial charge on any atom is 0.275 e. The molecule has 0 spiro atoms. The Morgan fingerprint density at radius 3 is 2.82 bits per heavy atom. The van der Waals surface area contributed by atoms with Gasteiger partial charge >= 0.3 is 0 Å². The Morgan fingerprint density at radius 1 is 1.23 bits per heavy atom. The highest BCUT2D eigenvalue weighted by molar-refractivity contribution is 5.98. The Morgan fingerprint density at radius 2 is 2.05 bits per heavy atom. The zero-order valence-corrected chi connectivity index (χ0v) is 23.3. The van der Waals surface area contributed by atoms with E-state index in [1.807, 2.05) is 60.4 Å². The zero-order chi connectivity index (χ0) is 27.4. The van der Waals surface area contributed by atoms with E-state index >= 15 is 0 Å². The van der Waals surface area contributed by atoms with Crippen LogP contribution < -0.4 is 15.4 Å². The lowest BCUT2D eigenvalue weighted by Crippen LogP contribution is -2.54. The number of hydrogen-bond acceptors (Lipinski definition) is 6. The molecule has 2 aliphatic rings. The van der Waals surface area contributed by atoms with Crippen molar-refractivity contribution < 1.29 is 14.6 Å². The molecule has 1 aliphatic carbocycles. The van der Waals surface area contributed by atoms with Crippen LogP contribution in [0.3, 0.4) is 0 Å².